The molecule has 1 aromatic heterocycles. The van der Waals surface area contributed by atoms with Crippen LogP contribution in [0.2, 0.25) is 0 Å². The normalized spacial score (nSPS) is 11.0. The fraction of sp³-hybridized carbons (Fsp3) is 0.222. The number of nitrogens with one attached hydrogen (secondary N) is 1. The number of nitrogens with two attached hydrogens (primary N) is 1. The number of benzene rings is 2. The molecule has 0 bridgehead atoms. The molecule has 0 radical (unpaired) electrons. The van der Waals surface area contributed by atoms with Crippen LogP contribution in [0.3, 0.4) is 0 Å². The number of carbonyl (C=O) groups is 2. The molecule has 0 aliphatic heterocycles. The third kappa shape index (κ3) is 2.36. The second kappa shape index (κ2) is 5.88. The molecular weight excluding hydrogens is 306 g/mol. The first-order valence-corrected chi connectivity index (χ1v) is 7.66. The third-order valence-electron chi connectivity index (χ3n) is 4.19. The smallest absolute Gasteiger partial charge is 0.249 e. The lowest BCUT2D eigenvalue weighted by Gasteiger charge is -2.07. The molecule has 3 aromatic rings. The predicted molar refractivity (Wildman–Crippen MR) is 94.4 cm³/mol. The minimum absolute atomic E-state index is 0.0673. The summed E-state index contributed by atoms with van der Waals surface area (Å²) in [6.45, 7) is 1.79. The molecule has 2 aromatic carbocycles. The summed E-state index contributed by atoms with van der Waals surface area (Å²) in [5.41, 5.74) is 8.38. The van der Waals surface area contributed by atoms with Crippen LogP contribution in [0.25, 0.3) is 21.8 Å². The minimum atomic E-state index is -0.502. The van der Waals surface area contributed by atoms with Gasteiger partial charge in [-0.1, -0.05) is 6.92 Å². The molecule has 0 aliphatic carbocycles. The van der Waals surface area contributed by atoms with Gasteiger partial charge in [0.2, 0.25) is 11.8 Å². The van der Waals surface area contributed by atoms with Crippen LogP contribution >= 0.6 is 0 Å². The zero-order valence-corrected chi connectivity index (χ0v) is 13.8. The average molecular weight is 325 g/mol. The Labute approximate surface area is 139 Å². The van der Waals surface area contributed by atoms with Gasteiger partial charge >= 0.3 is 0 Å². The van der Waals surface area contributed by atoms with Crippen molar-refractivity contribution in [3.63, 3.8) is 0 Å². The van der Waals surface area contributed by atoms with E-state index in [9.17, 15) is 9.59 Å². The van der Waals surface area contributed by atoms with Gasteiger partial charge in [-0.3, -0.25) is 9.59 Å². The summed E-state index contributed by atoms with van der Waals surface area (Å²) in [6.07, 6.45) is 0.397. The maximum absolute atomic E-state index is 11.9. The summed E-state index contributed by atoms with van der Waals surface area (Å²) in [7, 11) is 3.49. The Bertz CT molecular complexity index is 973. The first-order valence-electron chi connectivity index (χ1n) is 7.66. The average Bonchev–Trinajstić information content (AvgIpc) is 2.87. The number of primary amides is 1. The molecule has 0 fully saturated rings. The molecular formula is C18H19N3O3. The summed E-state index contributed by atoms with van der Waals surface area (Å²) in [5, 5.41) is 4.41. The lowest BCUT2D eigenvalue weighted by molar-refractivity contribution is -0.115. The SMILES string of the molecule is CCC(=O)Nc1ccc2c(c1)c1c(C(N)=O)ccc(OC)c1n2C. The Hall–Kier alpha value is -3.02. The number of hydrogen-bond donors (Lipinski definition) is 2. The molecule has 124 valence electrons. The maximum Gasteiger partial charge on any atom is 0.249 e. The number of rotatable bonds is 4. The monoisotopic (exact) mass is 325 g/mol. The number of aryl methyl sites for hydroxylation is 1. The second-order valence-corrected chi connectivity index (χ2v) is 5.60. The Kier molecular flexibility index (Phi) is 3.89. The van der Waals surface area contributed by atoms with Crippen molar-refractivity contribution < 1.29 is 14.3 Å². The first-order chi connectivity index (χ1) is 11.5. The number of aromatic nitrogens is 1. The molecule has 0 spiro atoms. The van der Waals surface area contributed by atoms with Crippen LogP contribution < -0.4 is 15.8 Å². The van der Waals surface area contributed by atoms with E-state index in [4.69, 9.17) is 10.5 Å². The number of nitrogens with zero attached hydrogens (tertiary/aromatic N) is 1. The van der Waals surface area contributed by atoms with Crippen molar-refractivity contribution in [1.82, 2.24) is 4.57 Å². The summed E-state index contributed by atoms with van der Waals surface area (Å²) < 4.78 is 7.40. The maximum atomic E-state index is 11.9. The fourth-order valence-corrected chi connectivity index (χ4v) is 3.02. The van der Waals surface area contributed by atoms with Gasteiger partial charge in [0.05, 0.1) is 12.6 Å². The standard InChI is InChI=1S/C18H19N3O3/c1-4-15(22)20-10-5-7-13-12(9-10)16-11(18(19)23)6-8-14(24-3)17(16)21(13)2/h5-9H,4H2,1-3H3,(H2,19,23)(H,20,22). The van der Waals surface area contributed by atoms with Gasteiger partial charge in [-0.25, -0.2) is 0 Å². The lowest BCUT2D eigenvalue weighted by atomic mass is 10.0. The van der Waals surface area contributed by atoms with E-state index >= 15 is 0 Å². The van der Waals surface area contributed by atoms with Crippen molar-refractivity contribution >= 4 is 39.3 Å². The largest absolute Gasteiger partial charge is 0.495 e. The molecule has 6 nitrogen and oxygen atoms in total. The Morgan fingerprint density at radius 3 is 2.62 bits per heavy atom. The summed E-state index contributed by atoms with van der Waals surface area (Å²) in [5.74, 6) is 0.0910. The molecule has 0 saturated heterocycles. The molecule has 24 heavy (non-hydrogen) atoms. The van der Waals surface area contributed by atoms with Gasteiger partial charge in [0, 0.05) is 41.0 Å². The Morgan fingerprint density at radius 1 is 1.25 bits per heavy atom. The van der Waals surface area contributed by atoms with Crippen molar-refractivity contribution in [3.05, 3.63) is 35.9 Å². The molecule has 3 rings (SSSR count). The zero-order chi connectivity index (χ0) is 17.4. The van der Waals surface area contributed by atoms with Gasteiger partial charge in [-0.05, 0) is 30.3 Å². The van der Waals surface area contributed by atoms with Gasteiger partial charge in [0.25, 0.3) is 0 Å². The molecule has 0 aliphatic rings. The number of fused-ring (bicyclic) bond motifs is 3. The highest BCUT2D eigenvalue weighted by molar-refractivity contribution is 6.20. The van der Waals surface area contributed by atoms with Crippen LogP contribution in [0.4, 0.5) is 5.69 Å². The molecule has 1 heterocycles. The fourth-order valence-electron chi connectivity index (χ4n) is 3.02. The van der Waals surface area contributed by atoms with E-state index in [-0.39, 0.29) is 5.91 Å². The molecule has 0 unspecified atom stereocenters. The van der Waals surface area contributed by atoms with Crippen LogP contribution in [0.5, 0.6) is 5.75 Å². The topological polar surface area (TPSA) is 86.3 Å². The lowest BCUT2D eigenvalue weighted by Crippen LogP contribution is -2.11. The van der Waals surface area contributed by atoms with Gasteiger partial charge in [0.15, 0.2) is 0 Å². The van der Waals surface area contributed by atoms with Crippen molar-refractivity contribution in [1.29, 1.82) is 0 Å². The van der Waals surface area contributed by atoms with E-state index < -0.39 is 5.91 Å². The van der Waals surface area contributed by atoms with Gasteiger partial charge in [0.1, 0.15) is 5.75 Å². The molecule has 2 amide bonds. The molecule has 3 N–H and O–H groups in total. The van der Waals surface area contributed by atoms with E-state index in [1.165, 1.54) is 0 Å². The van der Waals surface area contributed by atoms with E-state index in [1.54, 1.807) is 26.2 Å². The van der Waals surface area contributed by atoms with Crippen molar-refractivity contribution in [2.75, 3.05) is 12.4 Å². The Balaban J connectivity index is 2.38. The quantitative estimate of drug-likeness (QED) is 0.773. The van der Waals surface area contributed by atoms with Crippen molar-refractivity contribution in [2.45, 2.75) is 13.3 Å². The number of ether oxygens (including phenoxy) is 1. The van der Waals surface area contributed by atoms with E-state index in [1.807, 2.05) is 29.8 Å². The second-order valence-electron chi connectivity index (χ2n) is 5.60. The van der Waals surface area contributed by atoms with E-state index in [0.717, 1.165) is 21.8 Å². The van der Waals surface area contributed by atoms with E-state index in [2.05, 4.69) is 5.32 Å². The number of amides is 2. The van der Waals surface area contributed by atoms with Gasteiger partial charge in [-0.15, -0.1) is 0 Å². The highest BCUT2D eigenvalue weighted by atomic mass is 16.5. The predicted octanol–water partition coefficient (Wildman–Crippen LogP) is 2.79. The number of hydrogen-bond acceptors (Lipinski definition) is 3. The first kappa shape index (κ1) is 15.9. The van der Waals surface area contributed by atoms with Crippen LogP contribution in [-0.4, -0.2) is 23.5 Å². The van der Waals surface area contributed by atoms with Crippen molar-refractivity contribution in [2.24, 2.45) is 12.8 Å². The van der Waals surface area contributed by atoms with Crippen LogP contribution in [0.1, 0.15) is 23.7 Å². The zero-order valence-electron chi connectivity index (χ0n) is 13.8. The highest BCUT2D eigenvalue weighted by Gasteiger charge is 2.19. The van der Waals surface area contributed by atoms with Crippen LogP contribution in [-0.2, 0) is 11.8 Å². The summed E-state index contributed by atoms with van der Waals surface area (Å²) in [6, 6.07) is 9.01. The number of carbonyl (C=O) groups excluding carboxylic acids is 2. The van der Waals surface area contributed by atoms with Gasteiger partial charge in [-0.2, -0.15) is 0 Å². The van der Waals surface area contributed by atoms with Crippen LogP contribution in [0.15, 0.2) is 30.3 Å². The number of anilines is 1. The number of methoxy groups -OCH3 is 1. The molecule has 0 atom stereocenters. The Morgan fingerprint density at radius 2 is 2.00 bits per heavy atom. The third-order valence-corrected chi connectivity index (χ3v) is 4.19. The minimum Gasteiger partial charge on any atom is -0.495 e. The molecule has 6 heteroatoms. The summed E-state index contributed by atoms with van der Waals surface area (Å²) in [4.78, 5) is 23.5. The molecule has 0 saturated carbocycles. The van der Waals surface area contributed by atoms with Crippen LogP contribution in [0, 0.1) is 0 Å². The van der Waals surface area contributed by atoms with Gasteiger partial charge < -0.3 is 20.4 Å². The van der Waals surface area contributed by atoms with Crippen molar-refractivity contribution in [3.8, 4) is 5.75 Å². The highest BCUT2D eigenvalue weighted by Crippen LogP contribution is 2.37. The summed E-state index contributed by atoms with van der Waals surface area (Å²) >= 11 is 0. The van der Waals surface area contributed by atoms with E-state index in [0.29, 0.717) is 23.4 Å².